The quantitative estimate of drug-likeness (QED) is 0.371. The van der Waals surface area contributed by atoms with Gasteiger partial charge in [0.05, 0.1) is 11.4 Å². The first-order valence-electron chi connectivity index (χ1n) is 11.4. The zero-order chi connectivity index (χ0) is 25.8. The van der Waals surface area contributed by atoms with Crippen LogP contribution in [0.2, 0.25) is 10.0 Å². The molecule has 7 nitrogen and oxygen atoms in total. The van der Waals surface area contributed by atoms with Crippen LogP contribution in [0.5, 0.6) is 0 Å². The molecule has 0 saturated heterocycles. The van der Waals surface area contributed by atoms with Crippen molar-refractivity contribution in [2.75, 3.05) is 23.7 Å². The van der Waals surface area contributed by atoms with Gasteiger partial charge in [-0.05, 0) is 54.4 Å². The Balaban J connectivity index is 1.80. The number of halogens is 2. The van der Waals surface area contributed by atoms with E-state index >= 15 is 0 Å². The summed E-state index contributed by atoms with van der Waals surface area (Å²) in [5.74, 6) is 0.364. The minimum atomic E-state index is -0.363. The van der Waals surface area contributed by atoms with Crippen LogP contribution in [0, 0.1) is 5.92 Å². The maximum atomic E-state index is 13.1. The minimum absolute atomic E-state index is 0.117. The van der Waals surface area contributed by atoms with Crippen LogP contribution >= 0.6 is 23.2 Å². The molecule has 9 heteroatoms. The number of hydrogen-bond donors (Lipinski definition) is 2. The standard InChI is InChI=1S/C26H31Cl2N5O2/c1-17(2)15-32(25(35)29-20-10-6-18(27)7-11-20)16-24(34)30-23-14-22(26(3,4)5)31-33(23)21-12-8-19(28)9-13-21/h6-14,17H,15-16H2,1-5H3,(H,29,35)(H,30,34). The highest BCUT2D eigenvalue weighted by atomic mass is 35.5. The predicted octanol–water partition coefficient (Wildman–Crippen LogP) is 6.61. The van der Waals surface area contributed by atoms with E-state index in [1.807, 2.05) is 32.0 Å². The van der Waals surface area contributed by atoms with E-state index in [-0.39, 0.29) is 29.8 Å². The molecule has 1 heterocycles. The molecule has 3 aromatic rings. The molecular weight excluding hydrogens is 485 g/mol. The number of carbonyl (C=O) groups is 2. The summed E-state index contributed by atoms with van der Waals surface area (Å²) in [5, 5.41) is 11.7. The van der Waals surface area contributed by atoms with Gasteiger partial charge in [-0.2, -0.15) is 5.10 Å². The van der Waals surface area contributed by atoms with Crippen molar-refractivity contribution in [1.82, 2.24) is 14.7 Å². The van der Waals surface area contributed by atoms with Crippen molar-refractivity contribution in [3.05, 3.63) is 70.3 Å². The van der Waals surface area contributed by atoms with E-state index in [0.29, 0.717) is 28.1 Å². The average Bonchev–Trinajstić information content (AvgIpc) is 3.19. The maximum absolute atomic E-state index is 13.1. The van der Waals surface area contributed by atoms with Crippen LogP contribution in [0.25, 0.3) is 5.69 Å². The first-order valence-corrected chi connectivity index (χ1v) is 12.2. The number of anilines is 2. The zero-order valence-electron chi connectivity index (χ0n) is 20.6. The lowest BCUT2D eigenvalue weighted by Crippen LogP contribution is -2.42. The van der Waals surface area contributed by atoms with Crippen LogP contribution in [0.3, 0.4) is 0 Å². The molecule has 3 amide bonds. The van der Waals surface area contributed by atoms with Crippen LogP contribution in [0.15, 0.2) is 54.6 Å². The van der Waals surface area contributed by atoms with E-state index in [1.54, 1.807) is 41.1 Å². The number of urea groups is 1. The van der Waals surface area contributed by atoms with Gasteiger partial charge < -0.3 is 15.5 Å². The Morgan fingerprint density at radius 1 is 0.971 bits per heavy atom. The molecule has 3 rings (SSSR count). The number of amides is 3. The molecule has 0 saturated carbocycles. The van der Waals surface area contributed by atoms with E-state index < -0.39 is 0 Å². The van der Waals surface area contributed by atoms with E-state index in [0.717, 1.165) is 11.4 Å². The fraction of sp³-hybridized carbons (Fsp3) is 0.346. The number of hydrogen-bond acceptors (Lipinski definition) is 3. The first-order chi connectivity index (χ1) is 16.4. The van der Waals surface area contributed by atoms with Crippen LogP contribution in [0.4, 0.5) is 16.3 Å². The highest BCUT2D eigenvalue weighted by molar-refractivity contribution is 6.30. The van der Waals surface area contributed by atoms with Gasteiger partial charge in [-0.1, -0.05) is 57.8 Å². The monoisotopic (exact) mass is 515 g/mol. The molecule has 0 radical (unpaired) electrons. The second-order valence-electron chi connectivity index (χ2n) is 9.81. The minimum Gasteiger partial charge on any atom is -0.315 e. The summed E-state index contributed by atoms with van der Waals surface area (Å²) in [4.78, 5) is 27.5. The molecule has 0 aliphatic rings. The Morgan fingerprint density at radius 3 is 2.09 bits per heavy atom. The summed E-state index contributed by atoms with van der Waals surface area (Å²) < 4.78 is 1.68. The average molecular weight is 516 g/mol. The Hall–Kier alpha value is -3.03. The number of aromatic nitrogens is 2. The first kappa shape index (κ1) is 26.6. The van der Waals surface area contributed by atoms with Crippen molar-refractivity contribution in [2.45, 2.75) is 40.0 Å². The van der Waals surface area contributed by atoms with E-state index in [1.165, 1.54) is 4.90 Å². The molecule has 0 bridgehead atoms. The van der Waals surface area contributed by atoms with Gasteiger partial charge in [-0.25, -0.2) is 9.48 Å². The van der Waals surface area contributed by atoms with Gasteiger partial charge in [0.2, 0.25) is 5.91 Å². The molecule has 186 valence electrons. The second kappa shape index (κ2) is 11.1. The predicted molar refractivity (Wildman–Crippen MR) is 143 cm³/mol. The Bertz CT molecular complexity index is 1170. The van der Waals surface area contributed by atoms with Gasteiger partial charge in [0.25, 0.3) is 0 Å². The van der Waals surface area contributed by atoms with E-state index in [2.05, 4.69) is 31.4 Å². The smallest absolute Gasteiger partial charge is 0.315 e. The molecule has 1 aromatic heterocycles. The molecule has 35 heavy (non-hydrogen) atoms. The van der Waals surface area contributed by atoms with Gasteiger partial charge in [0.15, 0.2) is 0 Å². The molecule has 0 atom stereocenters. The highest BCUT2D eigenvalue weighted by Gasteiger charge is 2.23. The van der Waals surface area contributed by atoms with Gasteiger partial charge in [-0.3, -0.25) is 4.79 Å². The molecule has 0 aliphatic carbocycles. The summed E-state index contributed by atoms with van der Waals surface area (Å²) >= 11 is 12.0. The number of nitrogens with one attached hydrogen (secondary N) is 2. The van der Waals surface area contributed by atoms with Crippen LogP contribution < -0.4 is 10.6 Å². The Labute approximate surface area is 216 Å². The third kappa shape index (κ3) is 7.47. The number of carbonyl (C=O) groups excluding carboxylic acids is 2. The number of rotatable bonds is 7. The molecule has 0 fully saturated rings. The third-order valence-electron chi connectivity index (χ3n) is 5.12. The Kier molecular flexibility index (Phi) is 8.46. The topological polar surface area (TPSA) is 79.3 Å². The SMILES string of the molecule is CC(C)CN(CC(=O)Nc1cc(C(C)(C)C)nn1-c1ccc(Cl)cc1)C(=O)Nc1ccc(Cl)cc1. The van der Waals surface area contributed by atoms with Crippen molar-refractivity contribution < 1.29 is 9.59 Å². The fourth-order valence-corrected chi connectivity index (χ4v) is 3.62. The van der Waals surface area contributed by atoms with Crippen LogP contribution in [0.1, 0.15) is 40.3 Å². The summed E-state index contributed by atoms with van der Waals surface area (Å²) in [6.07, 6.45) is 0. The molecule has 0 spiro atoms. The fourth-order valence-electron chi connectivity index (χ4n) is 3.37. The van der Waals surface area contributed by atoms with Crippen molar-refractivity contribution >= 4 is 46.6 Å². The molecule has 0 unspecified atom stereocenters. The van der Waals surface area contributed by atoms with E-state index in [4.69, 9.17) is 28.3 Å². The maximum Gasteiger partial charge on any atom is 0.322 e. The summed E-state index contributed by atoms with van der Waals surface area (Å²) in [6, 6.07) is 15.5. The van der Waals surface area contributed by atoms with Crippen LogP contribution in [-0.2, 0) is 10.2 Å². The summed E-state index contributed by atoms with van der Waals surface area (Å²) in [6.45, 7) is 10.4. The third-order valence-corrected chi connectivity index (χ3v) is 5.62. The largest absolute Gasteiger partial charge is 0.322 e. The van der Waals surface area contributed by atoms with Gasteiger partial charge >= 0.3 is 6.03 Å². The van der Waals surface area contributed by atoms with Gasteiger partial charge in [-0.15, -0.1) is 0 Å². The molecular formula is C26H31Cl2N5O2. The Morgan fingerprint density at radius 2 is 1.54 bits per heavy atom. The lowest BCUT2D eigenvalue weighted by molar-refractivity contribution is -0.116. The lowest BCUT2D eigenvalue weighted by Gasteiger charge is -2.24. The van der Waals surface area contributed by atoms with Crippen molar-refractivity contribution in [3.8, 4) is 5.69 Å². The molecule has 2 aromatic carbocycles. The molecule has 2 N–H and O–H groups in total. The summed E-state index contributed by atoms with van der Waals surface area (Å²) in [7, 11) is 0. The van der Waals surface area contributed by atoms with E-state index in [9.17, 15) is 9.59 Å². The second-order valence-corrected chi connectivity index (χ2v) is 10.7. The molecule has 0 aliphatic heterocycles. The number of benzene rings is 2. The van der Waals surface area contributed by atoms with Crippen molar-refractivity contribution in [2.24, 2.45) is 5.92 Å². The van der Waals surface area contributed by atoms with Crippen molar-refractivity contribution in [1.29, 1.82) is 0 Å². The van der Waals surface area contributed by atoms with Crippen molar-refractivity contribution in [3.63, 3.8) is 0 Å². The normalized spacial score (nSPS) is 11.4. The lowest BCUT2D eigenvalue weighted by atomic mass is 9.92. The van der Waals surface area contributed by atoms with Gasteiger partial charge in [0.1, 0.15) is 12.4 Å². The summed E-state index contributed by atoms with van der Waals surface area (Å²) in [5.41, 5.74) is 1.96. The van der Waals surface area contributed by atoms with Crippen LogP contribution in [-0.4, -0.2) is 39.7 Å². The van der Waals surface area contributed by atoms with Gasteiger partial charge in [0, 0.05) is 33.8 Å². The number of nitrogens with zero attached hydrogens (tertiary/aromatic N) is 3. The highest BCUT2D eigenvalue weighted by Crippen LogP contribution is 2.27. The zero-order valence-corrected chi connectivity index (χ0v) is 22.1.